The van der Waals surface area contributed by atoms with E-state index in [-0.39, 0.29) is 11.9 Å². The quantitative estimate of drug-likeness (QED) is 0.323. The number of ether oxygens (including phenoxy) is 2. The number of rotatable bonds is 6. The maximum absolute atomic E-state index is 12.6. The Hall–Kier alpha value is -3.84. The first kappa shape index (κ1) is 23.3. The fourth-order valence-corrected chi connectivity index (χ4v) is 3.84. The average molecular weight is 459 g/mol. The molecule has 0 bridgehead atoms. The van der Waals surface area contributed by atoms with Gasteiger partial charge in [0, 0.05) is 36.0 Å². The number of para-hydroxylation sites is 1. The number of aliphatic imine (C=N–C) groups is 1. The van der Waals surface area contributed by atoms with E-state index in [1.807, 2.05) is 31.2 Å². The number of nitrogens with two attached hydrogens (primary N) is 2. The Bertz CT molecular complexity index is 1180. The zero-order valence-corrected chi connectivity index (χ0v) is 19.5. The maximum atomic E-state index is 12.6. The van der Waals surface area contributed by atoms with Gasteiger partial charge in [-0.15, -0.1) is 0 Å². The van der Waals surface area contributed by atoms with Crippen LogP contribution in [0.3, 0.4) is 0 Å². The van der Waals surface area contributed by atoms with Crippen LogP contribution in [-0.2, 0) is 0 Å². The molecule has 1 aliphatic heterocycles. The van der Waals surface area contributed by atoms with Gasteiger partial charge in [-0.2, -0.15) is 4.99 Å². The molecule has 0 unspecified atom stereocenters. The Kier molecular flexibility index (Phi) is 7.13. The van der Waals surface area contributed by atoms with E-state index in [4.69, 9.17) is 20.9 Å². The third-order valence-electron chi connectivity index (χ3n) is 5.91. The van der Waals surface area contributed by atoms with E-state index in [1.165, 1.54) is 0 Å². The lowest BCUT2D eigenvalue weighted by Crippen LogP contribution is -2.35. The summed E-state index contributed by atoms with van der Waals surface area (Å²) in [7, 11) is 2.12. The van der Waals surface area contributed by atoms with E-state index in [1.54, 1.807) is 42.5 Å². The molecule has 3 aromatic rings. The number of nitrogen functional groups attached to an aromatic ring is 1. The summed E-state index contributed by atoms with van der Waals surface area (Å²) in [5, 5.41) is 0. The number of carbonyl (C=O) groups excluding carboxylic acids is 1. The van der Waals surface area contributed by atoms with Crippen molar-refractivity contribution in [2.75, 3.05) is 25.9 Å². The molecule has 1 heterocycles. The molecule has 34 heavy (non-hydrogen) atoms. The van der Waals surface area contributed by atoms with E-state index in [0.717, 1.165) is 43.0 Å². The van der Waals surface area contributed by atoms with Crippen molar-refractivity contribution in [1.82, 2.24) is 4.90 Å². The van der Waals surface area contributed by atoms with Crippen LogP contribution in [0.25, 0.3) is 0 Å². The largest absolute Gasteiger partial charge is 0.490 e. The first-order valence-electron chi connectivity index (χ1n) is 11.4. The number of hydrogen-bond donors (Lipinski definition) is 2. The second kappa shape index (κ2) is 10.4. The van der Waals surface area contributed by atoms with Gasteiger partial charge < -0.3 is 25.8 Å². The predicted octanol–water partition coefficient (Wildman–Crippen LogP) is 4.39. The normalized spacial score (nSPS) is 15.2. The maximum Gasteiger partial charge on any atom is 0.278 e. The summed E-state index contributed by atoms with van der Waals surface area (Å²) >= 11 is 0. The number of amidine groups is 1. The van der Waals surface area contributed by atoms with Crippen molar-refractivity contribution in [3.05, 3.63) is 83.4 Å². The molecular formula is C27H30N4O3. The van der Waals surface area contributed by atoms with Crippen molar-refractivity contribution < 1.29 is 14.3 Å². The van der Waals surface area contributed by atoms with Gasteiger partial charge in [-0.3, -0.25) is 4.79 Å². The molecule has 1 aliphatic rings. The highest BCUT2D eigenvalue weighted by molar-refractivity contribution is 6.11. The molecule has 3 aromatic carbocycles. The minimum atomic E-state index is -0.442. The zero-order chi connectivity index (χ0) is 24.1. The molecule has 0 radical (unpaired) electrons. The molecule has 0 saturated carbocycles. The lowest BCUT2D eigenvalue weighted by molar-refractivity contribution is 0.100. The number of hydrogen-bond acceptors (Lipinski definition) is 5. The third-order valence-corrected chi connectivity index (χ3v) is 5.91. The number of nitrogens with zero attached hydrogens (tertiary/aromatic N) is 2. The number of piperidine rings is 1. The van der Waals surface area contributed by atoms with Crippen molar-refractivity contribution in [3.8, 4) is 17.2 Å². The fraction of sp³-hybridized carbons (Fsp3) is 0.259. The average Bonchev–Trinajstić information content (AvgIpc) is 2.82. The standard InChI is InChI=1S/C27H30N4O3/c1-18-5-3-4-6-25(18)34-22-11-12-23(24(28)17-22)26(29)30-27(32)19-7-9-20(10-8-19)33-21-13-15-31(2)16-14-21/h3-12,17,21H,13-16,28H2,1-2H3,(H2,29,30,32). The first-order chi connectivity index (χ1) is 16.4. The zero-order valence-electron chi connectivity index (χ0n) is 19.5. The third kappa shape index (κ3) is 5.74. The van der Waals surface area contributed by atoms with E-state index in [0.29, 0.717) is 22.6 Å². The highest BCUT2D eigenvalue weighted by atomic mass is 16.5. The van der Waals surface area contributed by atoms with E-state index < -0.39 is 5.91 Å². The van der Waals surface area contributed by atoms with Gasteiger partial charge in [0.05, 0.1) is 0 Å². The van der Waals surface area contributed by atoms with Gasteiger partial charge in [-0.05, 0) is 74.8 Å². The van der Waals surface area contributed by atoms with Crippen LogP contribution < -0.4 is 20.9 Å². The molecule has 4 rings (SSSR count). The van der Waals surface area contributed by atoms with Gasteiger partial charge >= 0.3 is 0 Å². The van der Waals surface area contributed by atoms with Crippen LogP contribution in [-0.4, -0.2) is 42.9 Å². The second-order valence-corrected chi connectivity index (χ2v) is 8.56. The van der Waals surface area contributed by atoms with Crippen LogP contribution in [0, 0.1) is 6.92 Å². The summed E-state index contributed by atoms with van der Waals surface area (Å²) in [6.45, 7) is 4.02. The summed E-state index contributed by atoms with van der Waals surface area (Å²) in [6, 6.07) is 19.8. The van der Waals surface area contributed by atoms with Crippen LogP contribution in [0.1, 0.15) is 34.3 Å². The van der Waals surface area contributed by atoms with E-state index in [9.17, 15) is 4.79 Å². The second-order valence-electron chi connectivity index (χ2n) is 8.56. The lowest BCUT2D eigenvalue weighted by atomic mass is 10.1. The number of carbonyl (C=O) groups is 1. The Balaban J connectivity index is 1.41. The molecule has 0 atom stereocenters. The van der Waals surface area contributed by atoms with Crippen molar-refractivity contribution in [1.29, 1.82) is 0 Å². The van der Waals surface area contributed by atoms with Gasteiger partial charge in [0.1, 0.15) is 29.2 Å². The van der Waals surface area contributed by atoms with Gasteiger partial charge in [-0.25, -0.2) is 0 Å². The van der Waals surface area contributed by atoms with Gasteiger partial charge in [-0.1, -0.05) is 18.2 Å². The Morgan fingerprint density at radius 1 is 1.00 bits per heavy atom. The minimum Gasteiger partial charge on any atom is -0.490 e. The molecule has 0 spiro atoms. The molecule has 7 nitrogen and oxygen atoms in total. The molecule has 7 heteroatoms. The molecule has 1 saturated heterocycles. The number of benzene rings is 3. The minimum absolute atomic E-state index is 0.0524. The van der Waals surface area contributed by atoms with Gasteiger partial charge in [0.2, 0.25) is 0 Å². The topological polar surface area (TPSA) is 103 Å². The molecule has 1 fully saturated rings. The summed E-state index contributed by atoms with van der Waals surface area (Å²) in [6.07, 6.45) is 2.19. The van der Waals surface area contributed by atoms with Crippen molar-refractivity contribution in [3.63, 3.8) is 0 Å². The molecule has 176 valence electrons. The highest BCUT2D eigenvalue weighted by Gasteiger charge is 2.18. The molecule has 1 amide bonds. The molecular weight excluding hydrogens is 428 g/mol. The SMILES string of the molecule is Cc1ccccc1Oc1ccc(C(N)=NC(=O)c2ccc(OC3CCN(C)CC3)cc2)c(N)c1. The van der Waals surface area contributed by atoms with Crippen LogP contribution in [0.4, 0.5) is 5.69 Å². The Labute approximate surface area is 200 Å². The fourth-order valence-electron chi connectivity index (χ4n) is 3.84. The number of likely N-dealkylation sites (tertiary alicyclic amines) is 1. The van der Waals surface area contributed by atoms with E-state index >= 15 is 0 Å². The van der Waals surface area contributed by atoms with Crippen LogP contribution in [0.5, 0.6) is 17.2 Å². The van der Waals surface area contributed by atoms with Crippen LogP contribution in [0.2, 0.25) is 0 Å². The van der Waals surface area contributed by atoms with Crippen molar-refractivity contribution in [2.24, 2.45) is 10.7 Å². The lowest BCUT2D eigenvalue weighted by Gasteiger charge is -2.29. The molecule has 0 aromatic heterocycles. The van der Waals surface area contributed by atoms with Crippen molar-refractivity contribution in [2.45, 2.75) is 25.9 Å². The Morgan fingerprint density at radius 2 is 1.68 bits per heavy atom. The van der Waals surface area contributed by atoms with Crippen molar-refractivity contribution >= 4 is 17.4 Å². The smallest absolute Gasteiger partial charge is 0.278 e. The summed E-state index contributed by atoms with van der Waals surface area (Å²) in [4.78, 5) is 19.0. The van der Waals surface area contributed by atoms with Crippen LogP contribution in [0.15, 0.2) is 71.7 Å². The summed E-state index contributed by atoms with van der Waals surface area (Å²) in [5.74, 6) is 1.68. The highest BCUT2D eigenvalue weighted by Crippen LogP contribution is 2.27. The van der Waals surface area contributed by atoms with E-state index in [2.05, 4.69) is 16.9 Å². The molecule has 4 N–H and O–H groups in total. The number of amides is 1. The molecule has 0 aliphatic carbocycles. The Morgan fingerprint density at radius 3 is 2.35 bits per heavy atom. The number of anilines is 1. The predicted molar refractivity (Wildman–Crippen MR) is 135 cm³/mol. The first-order valence-corrected chi connectivity index (χ1v) is 11.4. The number of aryl methyl sites for hydroxylation is 1. The summed E-state index contributed by atoms with van der Waals surface area (Å²) in [5.41, 5.74) is 14.6. The van der Waals surface area contributed by atoms with Gasteiger partial charge in [0.25, 0.3) is 5.91 Å². The van der Waals surface area contributed by atoms with Crippen LogP contribution >= 0.6 is 0 Å². The van der Waals surface area contributed by atoms with Gasteiger partial charge in [0.15, 0.2) is 0 Å². The summed E-state index contributed by atoms with van der Waals surface area (Å²) < 4.78 is 11.9. The monoisotopic (exact) mass is 458 g/mol.